The second-order valence-electron chi connectivity index (χ2n) is 7.64. The largest absolute Gasteiger partial charge is 0.465 e. The van der Waals surface area contributed by atoms with Gasteiger partial charge in [-0.2, -0.15) is 0 Å². The van der Waals surface area contributed by atoms with Crippen molar-refractivity contribution < 1.29 is 19.1 Å². The van der Waals surface area contributed by atoms with Gasteiger partial charge in [-0.1, -0.05) is 0 Å². The van der Waals surface area contributed by atoms with Crippen molar-refractivity contribution in [2.75, 3.05) is 38.3 Å². The van der Waals surface area contributed by atoms with Crippen LogP contribution in [0.25, 0.3) is 0 Å². The third-order valence-corrected chi connectivity index (χ3v) is 5.68. The van der Waals surface area contributed by atoms with E-state index in [1.54, 1.807) is 24.3 Å². The predicted molar refractivity (Wildman–Crippen MR) is 111 cm³/mol. The van der Waals surface area contributed by atoms with E-state index in [1.807, 2.05) is 12.3 Å². The molecule has 2 fully saturated rings. The number of methoxy groups -OCH3 is 1. The molecule has 3 heterocycles. The first-order valence-corrected chi connectivity index (χ1v) is 10.3. The SMILES string of the molecule is COC(=O)c1ccc(C(=O)NC2CCN(c3nccc(C4CCOCC4)n3)C2)cc1. The highest BCUT2D eigenvalue weighted by Gasteiger charge is 2.27. The van der Waals surface area contributed by atoms with Gasteiger partial charge < -0.3 is 19.7 Å². The topological polar surface area (TPSA) is 93.7 Å². The summed E-state index contributed by atoms with van der Waals surface area (Å²) >= 11 is 0. The second-order valence-corrected chi connectivity index (χ2v) is 7.64. The van der Waals surface area contributed by atoms with Crippen molar-refractivity contribution in [2.24, 2.45) is 0 Å². The van der Waals surface area contributed by atoms with Crippen molar-refractivity contribution in [3.63, 3.8) is 0 Å². The highest BCUT2D eigenvalue weighted by atomic mass is 16.5. The number of esters is 1. The normalized spacial score (nSPS) is 19.5. The Labute approximate surface area is 175 Å². The number of hydrogen-bond donors (Lipinski definition) is 1. The van der Waals surface area contributed by atoms with Crippen LogP contribution < -0.4 is 10.2 Å². The quantitative estimate of drug-likeness (QED) is 0.755. The molecule has 8 nitrogen and oxygen atoms in total. The lowest BCUT2D eigenvalue weighted by molar-refractivity contribution is 0.0600. The average molecular weight is 410 g/mol. The van der Waals surface area contributed by atoms with E-state index in [1.165, 1.54) is 7.11 Å². The Morgan fingerprint density at radius 3 is 2.57 bits per heavy atom. The molecule has 30 heavy (non-hydrogen) atoms. The van der Waals surface area contributed by atoms with Crippen LogP contribution >= 0.6 is 0 Å². The van der Waals surface area contributed by atoms with Gasteiger partial charge in [0, 0.05) is 55.7 Å². The van der Waals surface area contributed by atoms with Crippen molar-refractivity contribution in [3.05, 3.63) is 53.3 Å². The predicted octanol–water partition coefficient (Wildman–Crippen LogP) is 2.17. The summed E-state index contributed by atoms with van der Waals surface area (Å²) in [5.41, 5.74) is 2.00. The molecule has 1 N–H and O–H groups in total. The monoisotopic (exact) mass is 410 g/mol. The zero-order chi connectivity index (χ0) is 20.9. The molecule has 2 saturated heterocycles. The second kappa shape index (κ2) is 9.21. The molecule has 0 spiro atoms. The van der Waals surface area contributed by atoms with Gasteiger partial charge in [0.2, 0.25) is 5.95 Å². The smallest absolute Gasteiger partial charge is 0.337 e. The molecule has 1 aromatic heterocycles. The van der Waals surface area contributed by atoms with Crippen molar-refractivity contribution in [2.45, 2.75) is 31.2 Å². The maximum absolute atomic E-state index is 12.6. The molecular weight excluding hydrogens is 384 g/mol. The molecule has 1 aromatic carbocycles. The summed E-state index contributed by atoms with van der Waals surface area (Å²) in [4.78, 5) is 35.4. The Kier molecular flexibility index (Phi) is 6.23. The van der Waals surface area contributed by atoms with Crippen LogP contribution in [0.4, 0.5) is 5.95 Å². The summed E-state index contributed by atoms with van der Waals surface area (Å²) in [6, 6.07) is 8.47. The van der Waals surface area contributed by atoms with E-state index in [9.17, 15) is 9.59 Å². The Bertz CT molecular complexity index is 896. The van der Waals surface area contributed by atoms with Gasteiger partial charge in [-0.3, -0.25) is 4.79 Å². The van der Waals surface area contributed by atoms with Gasteiger partial charge in [-0.05, 0) is 49.6 Å². The number of carbonyl (C=O) groups excluding carboxylic acids is 2. The first-order valence-electron chi connectivity index (χ1n) is 10.3. The molecule has 1 amide bonds. The number of anilines is 1. The summed E-state index contributed by atoms with van der Waals surface area (Å²) in [5, 5.41) is 3.07. The van der Waals surface area contributed by atoms with Crippen LogP contribution in [0.3, 0.4) is 0 Å². The van der Waals surface area contributed by atoms with E-state index in [4.69, 9.17) is 9.72 Å². The first-order chi connectivity index (χ1) is 14.6. The van der Waals surface area contributed by atoms with Crippen molar-refractivity contribution in [3.8, 4) is 0 Å². The molecule has 0 saturated carbocycles. The van der Waals surface area contributed by atoms with Gasteiger partial charge in [-0.15, -0.1) is 0 Å². The van der Waals surface area contributed by atoms with Gasteiger partial charge in [-0.25, -0.2) is 14.8 Å². The van der Waals surface area contributed by atoms with Crippen LogP contribution in [-0.2, 0) is 9.47 Å². The van der Waals surface area contributed by atoms with Crippen LogP contribution in [0.5, 0.6) is 0 Å². The lowest BCUT2D eigenvalue weighted by Crippen LogP contribution is -2.37. The van der Waals surface area contributed by atoms with Gasteiger partial charge in [0.1, 0.15) is 0 Å². The third kappa shape index (κ3) is 4.59. The van der Waals surface area contributed by atoms with E-state index in [0.717, 1.165) is 50.7 Å². The summed E-state index contributed by atoms with van der Waals surface area (Å²) in [6.45, 7) is 3.03. The lowest BCUT2D eigenvalue weighted by atomic mass is 9.96. The van der Waals surface area contributed by atoms with Gasteiger partial charge in [0.15, 0.2) is 0 Å². The number of ether oxygens (including phenoxy) is 2. The standard InChI is InChI=1S/C22H26N4O4/c1-29-21(28)17-4-2-16(3-5-17)20(27)24-18-7-11-26(14-18)22-23-10-6-19(25-22)15-8-12-30-13-9-15/h2-6,10,15,18H,7-9,11-14H2,1H3,(H,24,27). The maximum atomic E-state index is 12.6. The Hall–Kier alpha value is -3.00. The summed E-state index contributed by atoms with van der Waals surface area (Å²) in [5.74, 6) is 0.566. The molecule has 0 bridgehead atoms. The van der Waals surface area contributed by atoms with Crippen LogP contribution in [-0.4, -0.2) is 61.3 Å². The van der Waals surface area contributed by atoms with Crippen molar-refractivity contribution in [1.82, 2.24) is 15.3 Å². The van der Waals surface area contributed by atoms with Gasteiger partial charge >= 0.3 is 5.97 Å². The zero-order valence-electron chi connectivity index (χ0n) is 17.0. The van der Waals surface area contributed by atoms with Gasteiger partial charge in [0.05, 0.1) is 12.7 Å². The Balaban J connectivity index is 1.35. The molecule has 8 heteroatoms. The number of rotatable bonds is 5. The molecule has 158 valence electrons. The molecule has 1 unspecified atom stereocenters. The van der Waals surface area contributed by atoms with Crippen LogP contribution in [0.1, 0.15) is 51.6 Å². The van der Waals surface area contributed by atoms with Crippen LogP contribution in [0.2, 0.25) is 0 Å². The molecule has 2 aromatic rings. The van der Waals surface area contributed by atoms with Crippen LogP contribution in [0.15, 0.2) is 36.5 Å². The number of nitrogens with one attached hydrogen (secondary N) is 1. The van der Waals surface area contributed by atoms with E-state index in [-0.39, 0.29) is 11.9 Å². The summed E-state index contributed by atoms with van der Waals surface area (Å²) in [6.07, 6.45) is 4.63. The number of hydrogen-bond acceptors (Lipinski definition) is 7. The average Bonchev–Trinajstić information content (AvgIpc) is 3.28. The number of nitrogens with zero attached hydrogens (tertiary/aromatic N) is 3. The molecular formula is C22H26N4O4. The fourth-order valence-electron chi connectivity index (χ4n) is 3.94. The number of benzene rings is 1. The molecule has 0 aliphatic carbocycles. The van der Waals surface area contributed by atoms with Gasteiger partial charge in [0.25, 0.3) is 5.91 Å². The first kappa shape index (κ1) is 20.3. The summed E-state index contributed by atoms with van der Waals surface area (Å²) in [7, 11) is 1.33. The third-order valence-electron chi connectivity index (χ3n) is 5.68. The minimum atomic E-state index is -0.420. The number of aromatic nitrogens is 2. The molecule has 2 aliphatic heterocycles. The zero-order valence-corrected chi connectivity index (χ0v) is 17.0. The lowest BCUT2D eigenvalue weighted by Gasteiger charge is -2.23. The number of carbonyl (C=O) groups is 2. The summed E-state index contributed by atoms with van der Waals surface area (Å²) < 4.78 is 10.1. The molecule has 0 radical (unpaired) electrons. The van der Waals surface area contributed by atoms with E-state index in [2.05, 4.69) is 19.9 Å². The highest BCUT2D eigenvalue weighted by molar-refractivity contribution is 5.96. The molecule has 2 aliphatic rings. The molecule has 4 rings (SSSR count). The minimum absolute atomic E-state index is 0.0214. The van der Waals surface area contributed by atoms with E-state index in [0.29, 0.717) is 23.6 Å². The highest BCUT2D eigenvalue weighted by Crippen LogP contribution is 2.26. The van der Waals surface area contributed by atoms with Crippen molar-refractivity contribution in [1.29, 1.82) is 0 Å². The molecule has 1 atom stereocenters. The number of amides is 1. The minimum Gasteiger partial charge on any atom is -0.465 e. The van der Waals surface area contributed by atoms with Crippen LogP contribution in [0, 0.1) is 0 Å². The Morgan fingerprint density at radius 1 is 1.10 bits per heavy atom. The fraction of sp³-hybridized carbons (Fsp3) is 0.455. The van der Waals surface area contributed by atoms with Crippen molar-refractivity contribution >= 4 is 17.8 Å². The van der Waals surface area contributed by atoms with E-state index >= 15 is 0 Å². The fourth-order valence-corrected chi connectivity index (χ4v) is 3.94. The Morgan fingerprint density at radius 2 is 1.83 bits per heavy atom. The van der Waals surface area contributed by atoms with E-state index < -0.39 is 5.97 Å². The maximum Gasteiger partial charge on any atom is 0.337 e.